The third kappa shape index (κ3) is 6.05. The Hall–Kier alpha value is -1.04. The molecular formula is C13H21N3OS. The number of amides is 1. The maximum absolute atomic E-state index is 11.1. The van der Waals surface area contributed by atoms with Crippen molar-refractivity contribution < 1.29 is 4.79 Å². The van der Waals surface area contributed by atoms with E-state index < -0.39 is 0 Å². The van der Waals surface area contributed by atoms with Crippen molar-refractivity contribution in [2.75, 3.05) is 26.4 Å². The van der Waals surface area contributed by atoms with E-state index in [1.54, 1.807) is 0 Å². The molecule has 4 nitrogen and oxygen atoms in total. The van der Waals surface area contributed by atoms with E-state index in [0.717, 1.165) is 23.6 Å². The Morgan fingerprint density at radius 3 is 2.44 bits per heavy atom. The van der Waals surface area contributed by atoms with Crippen LogP contribution in [0.1, 0.15) is 11.1 Å². The average molecular weight is 267 g/mol. The molecule has 0 aliphatic rings. The Morgan fingerprint density at radius 2 is 1.89 bits per heavy atom. The van der Waals surface area contributed by atoms with Crippen LogP contribution in [0.4, 0.5) is 0 Å². The molecule has 100 valence electrons. The maximum atomic E-state index is 11.1. The maximum Gasteiger partial charge on any atom is 0.238 e. The lowest BCUT2D eigenvalue weighted by Crippen LogP contribution is -2.31. The van der Waals surface area contributed by atoms with Crippen LogP contribution in [0, 0.1) is 0 Å². The largest absolute Gasteiger partial charge is 0.309 e. The summed E-state index contributed by atoms with van der Waals surface area (Å²) in [5.74, 6) is 7.02. The van der Waals surface area contributed by atoms with E-state index >= 15 is 0 Å². The highest BCUT2D eigenvalue weighted by Crippen LogP contribution is 2.13. The van der Waals surface area contributed by atoms with E-state index in [1.165, 1.54) is 5.56 Å². The van der Waals surface area contributed by atoms with Crippen LogP contribution < -0.4 is 11.3 Å². The van der Waals surface area contributed by atoms with Crippen molar-refractivity contribution in [3.05, 3.63) is 35.4 Å². The number of thioether (sulfide) groups is 1. The number of hydrogen-bond donors (Lipinski definition) is 2. The molecule has 0 unspecified atom stereocenters. The zero-order valence-corrected chi connectivity index (χ0v) is 11.8. The zero-order valence-electron chi connectivity index (χ0n) is 11.0. The summed E-state index contributed by atoms with van der Waals surface area (Å²) in [4.78, 5) is 13.3. The Morgan fingerprint density at radius 1 is 1.28 bits per heavy atom. The lowest BCUT2D eigenvalue weighted by Gasteiger charge is -2.08. The van der Waals surface area contributed by atoms with Crippen LogP contribution in [-0.4, -0.2) is 37.2 Å². The lowest BCUT2D eigenvalue weighted by molar-refractivity contribution is -0.120. The van der Waals surface area contributed by atoms with E-state index in [4.69, 9.17) is 5.84 Å². The first kappa shape index (κ1) is 15.0. The number of hydrazine groups is 1. The van der Waals surface area contributed by atoms with Crippen LogP contribution in [0.15, 0.2) is 24.3 Å². The van der Waals surface area contributed by atoms with Gasteiger partial charge in [0.2, 0.25) is 5.91 Å². The second-order valence-electron chi connectivity index (χ2n) is 4.42. The van der Waals surface area contributed by atoms with E-state index in [9.17, 15) is 4.79 Å². The fraction of sp³-hybridized carbons (Fsp3) is 0.462. The molecule has 0 bridgehead atoms. The molecule has 1 aromatic carbocycles. The first-order valence-electron chi connectivity index (χ1n) is 5.91. The van der Waals surface area contributed by atoms with Gasteiger partial charge in [0.15, 0.2) is 0 Å². The molecule has 1 aromatic rings. The van der Waals surface area contributed by atoms with Gasteiger partial charge < -0.3 is 4.90 Å². The third-order valence-electron chi connectivity index (χ3n) is 2.50. The number of rotatable bonds is 7. The SMILES string of the molecule is CN(C)CCSCc1ccc(CC(=O)NN)cc1. The first-order chi connectivity index (χ1) is 8.61. The molecule has 0 atom stereocenters. The van der Waals surface area contributed by atoms with Crippen molar-refractivity contribution in [1.29, 1.82) is 0 Å². The fourth-order valence-electron chi connectivity index (χ4n) is 1.43. The number of carbonyl (C=O) groups is 1. The van der Waals surface area contributed by atoms with Gasteiger partial charge in [-0.3, -0.25) is 10.2 Å². The zero-order chi connectivity index (χ0) is 13.4. The number of hydrogen-bond acceptors (Lipinski definition) is 4. The predicted molar refractivity (Wildman–Crippen MR) is 77.2 cm³/mol. The molecule has 0 saturated heterocycles. The van der Waals surface area contributed by atoms with Crippen molar-refractivity contribution in [3.63, 3.8) is 0 Å². The number of carbonyl (C=O) groups excluding carboxylic acids is 1. The van der Waals surface area contributed by atoms with Crippen molar-refractivity contribution in [2.24, 2.45) is 5.84 Å². The summed E-state index contributed by atoms with van der Waals surface area (Å²) in [6.45, 7) is 1.10. The van der Waals surface area contributed by atoms with Crippen LogP contribution in [0.5, 0.6) is 0 Å². The molecule has 0 spiro atoms. The lowest BCUT2D eigenvalue weighted by atomic mass is 10.1. The van der Waals surface area contributed by atoms with Gasteiger partial charge in [0.05, 0.1) is 6.42 Å². The minimum absolute atomic E-state index is 0.164. The highest BCUT2D eigenvalue weighted by molar-refractivity contribution is 7.98. The minimum atomic E-state index is -0.164. The van der Waals surface area contributed by atoms with Crippen molar-refractivity contribution in [1.82, 2.24) is 10.3 Å². The highest BCUT2D eigenvalue weighted by Gasteiger charge is 2.01. The first-order valence-corrected chi connectivity index (χ1v) is 7.07. The molecule has 1 amide bonds. The van der Waals surface area contributed by atoms with Gasteiger partial charge in [0, 0.05) is 18.1 Å². The molecule has 0 fully saturated rings. The van der Waals surface area contributed by atoms with Gasteiger partial charge in [-0.2, -0.15) is 11.8 Å². The molecule has 5 heteroatoms. The number of benzene rings is 1. The predicted octanol–water partition coefficient (Wildman–Crippen LogP) is 1.01. The van der Waals surface area contributed by atoms with Crippen LogP contribution in [-0.2, 0) is 17.0 Å². The second-order valence-corrected chi connectivity index (χ2v) is 5.52. The van der Waals surface area contributed by atoms with Crippen LogP contribution in [0.3, 0.4) is 0 Å². The number of nitrogens with zero attached hydrogens (tertiary/aromatic N) is 1. The van der Waals surface area contributed by atoms with Gasteiger partial charge in [0.1, 0.15) is 0 Å². The van der Waals surface area contributed by atoms with Gasteiger partial charge in [-0.1, -0.05) is 24.3 Å². The summed E-state index contributed by atoms with van der Waals surface area (Å²) in [6, 6.07) is 8.11. The Balaban J connectivity index is 2.33. The molecule has 0 aromatic heterocycles. The molecule has 0 heterocycles. The topological polar surface area (TPSA) is 58.4 Å². The molecule has 0 aliphatic carbocycles. The molecular weight excluding hydrogens is 246 g/mol. The van der Waals surface area contributed by atoms with Crippen molar-refractivity contribution in [2.45, 2.75) is 12.2 Å². The Labute approximate surface area is 113 Å². The van der Waals surface area contributed by atoms with Gasteiger partial charge in [0.25, 0.3) is 0 Å². The van der Waals surface area contributed by atoms with Crippen molar-refractivity contribution >= 4 is 17.7 Å². The quantitative estimate of drug-likeness (QED) is 0.335. The summed E-state index contributed by atoms with van der Waals surface area (Å²) in [6.07, 6.45) is 0.338. The molecule has 1 rings (SSSR count). The van der Waals surface area contributed by atoms with E-state index in [2.05, 4.69) is 36.6 Å². The number of nitrogens with one attached hydrogen (secondary N) is 1. The van der Waals surface area contributed by atoms with E-state index in [-0.39, 0.29) is 5.91 Å². The number of nitrogens with two attached hydrogens (primary N) is 1. The summed E-state index contributed by atoms with van der Waals surface area (Å²) in [5.41, 5.74) is 4.41. The third-order valence-corrected chi connectivity index (χ3v) is 3.51. The van der Waals surface area contributed by atoms with Gasteiger partial charge in [-0.25, -0.2) is 5.84 Å². The van der Waals surface area contributed by atoms with Gasteiger partial charge in [-0.15, -0.1) is 0 Å². The normalized spacial score (nSPS) is 10.7. The summed E-state index contributed by atoms with van der Waals surface area (Å²) >= 11 is 1.92. The molecule has 0 saturated carbocycles. The van der Waals surface area contributed by atoms with Crippen LogP contribution >= 0.6 is 11.8 Å². The van der Waals surface area contributed by atoms with Crippen molar-refractivity contribution in [3.8, 4) is 0 Å². The van der Waals surface area contributed by atoms with Gasteiger partial charge >= 0.3 is 0 Å². The standard InChI is InChI=1S/C13H21N3OS/c1-16(2)7-8-18-10-12-5-3-11(4-6-12)9-13(17)15-14/h3-6H,7-10,14H2,1-2H3,(H,15,17). The molecule has 18 heavy (non-hydrogen) atoms. The Kier molecular flexibility index (Phi) is 6.78. The summed E-state index contributed by atoms with van der Waals surface area (Å²) < 4.78 is 0. The molecule has 0 radical (unpaired) electrons. The second kappa shape index (κ2) is 8.13. The smallest absolute Gasteiger partial charge is 0.238 e. The average Bonchev–Trinajstić information content (AvgIpc) is 2.36. The van der Waals surface area contributed by atoms with Crippen LogP contribution in [0.2, 0.25) is 0 Å². The summed E-state index contributed by atoms with van der Waals surface area (Å²) in [7, 11) is 4.16. The fourth-order valence-corrected chi connectivity index (χ4v) is 2.49. The van der Waals surface area contributed by atoms with Crippen LogP contribution in [0.25, 0.3) is 0 Å². The molecule has 0 aliphatic heterocycles. The monoisotopic (exact) mass is 267 g/mol. The Bertz CT molecular complexity index is 365. The van der Waals surface area contributed by atoms with E-state index in [0.29, 0.717) is 6.42 Å². The highest BCUT2D eigenvalue weighted by atomic mass is 32.2. The van der Waals surface area contributed by atoms with Gasteiger partial charge in [-0.05, 0) is 25.2 Å². The summed E-state index contributed by atoms with van der Waals surface area (Å²) in [5, 5.41) is 0. The molecule has 3 N–H and O–H groups in total. The van der Waals surface area contributed by atoms with E-state index in [1.807, 2.05) is 23.9 Å². The minimum Gasteiger partial charge on any atom is -0.309 e.